The van der Waals surface area contributed by atoms with Gasteiger partial charge in [0.1, 0.15) is 0 Å². The first-order chi connectivity index (χ1) is 9.25. The Balaban J connectivity index is 1.98. The van der Waals surface area contributed by atoms with E-state index in [1.54, 1.807) is 0 Å². The molecule has 0 bridgehead atoms. The van der Waals surface area contributed by atoms with E-state index in [1.807, 2.05) is 18.6 Å². The van der Waals surface area contributed by atoms with Crippen molar-refractivity contribution in [2.45, 2.75) is 37.8 Å². The van der Waals surface area contributed by atoms with Gasteiger partial charge in [-0.1, -0.05) is 40.9 Å². The molecule has 1 aliphatic rings. The third-order valence-corrected chi connectivity index (χ3v) is 4.42. The predicted molar refractivity (Wildman–Crippen MR) is 80.8 cm³/mol. The smallest absolute Gasteiger partial charge is 0.0954 e. The summed E-state index contributed by atoms with van der Waals surface area (Å²) in [4.78, 5) is 4.33. The van der Waals surface area contributed by atoms with Gasteiger partial charge >= 0.3 is 0 Å². The van der Waals surface area contributed by atoms with Gasteiger partial charge in [-0.25, -0.2) is 4.98 Å². The molecule has 1 aromatic heterocycles. The van der Waals surface area contributed by atoms with Gasteiger partial charge in [0, 0.05) is 16.1 Å². The van der Waals surface area contributed by atoms with Crippen LogP contribution in [0.3, 0.4) is 0 Å². The summed E-state index contributed by atoms with van der Waals surface area (Å²) in [5.41, 5.74) is 8.63. The maximum absolute atomic E-state index is 6.29. The summed E-state index contributed by atoms with van der Waals surface area (Å²) in [6.07, 6.45) is 8.63. The second kappa shape index (κ2) is 5.47. The van der Waals surface area contributed by atoms with Crippen LogP contribution in [0.15, 0.2) is 41.3 Å². The molecule has 1 aromatic carbocycles. The van der Waals surface area contributed by atoms with Crippen LogP contribution in [-0.4, -0.2) is 15.6 Å². The molecule has 2 N–H and O–H groups in total. The Hall–Kier alpha value is -1.13. The van der Waals surface area contributed by atoms with E-state index in [0.29, 0.717) is 6.04 Å². The first-order valence-electron chi connectivity index (χ1n) is 6.79. The third kappa shape index (κ3) is 2.60. The molecule has 0 aliphatic heterocycles. The molecular weight excluding hydrogens is 302 g/mol. The number of benzene rings is 1. The van der Waals surface area contributed by atoms with E-state index < -0.39 is 0 Å². The summed E-state index contributed by atoms with van der Waals surface area (Å²) in [5.74, 6) is 0. The van der Waals surface area contributed by atoms with Crippen molar-refractivity contribution in [3.8, 4) is 11.3 Å². The predicted octanol–water partition coefficient (Wildman–Crippen LogP) is 3.76. The van der Waals surface area contributed by atoms with Crippen molar-refractivity contribution in [1.82, 2.24) is 9.55 Å². The van der Waals surface area contributed by atoms with E-state index in [9.17, 15) is 0 Å². The Labute approximate surface area is 122 Å². The SMILES string of the molecule is N[C@@H]1CCCC[C@H]1n1cncc1-c1cccc(Br)c1. The monoisotopic (exact) mass is 319 g/mol. The van der Waals surface area contributed by atoms with Gasteiger partial charge in [0.15, 0.2) is 0 Å². The van der Waals surface area contributed by atoms with Gasteiger partial charge in [0.2, 0.25) is 0 Å². The number of halogens is 1. The lowest BCUT2D eigenvalue weighted by molar-refractivity contribution is 0.308. The van der Waals surface area contributed by atoms with E-state index in [-0.39, 0.29) is 6.04 Å². The molecule has 4 heteroatoms. The molecule has 1 aliphatic carbocycles. The topological polar surface area (TPSA) is 43.8 Å². The van der Waals surface area contributed by atoms with Crippen molar-refractivity contribution in [2.75, 3.05) is 0 Å². The zero-order valence-electron chi connectivity index (χ0n) is 10.8. The zero-order chi connectivity index (χ0) is 13.2. The van der Waals surface area contributed by atoms with E-state index in [0.717, 1.165) is 23.0 Å². The second-order valence-corrected chi connectivity index (χ2v) is 6.13. The van der Waals surface area contributed by atoms with Gasteiger partial charge in [0.05, 0.1) is 24.3 Å². The number of aromatic nitrogens is 2. The van der Waals surface area contributed by atoms with Crippen LogP contribution in [0.4, 0.5) is 0 Å². The van der Waals surface area contributed by atoms with Crippen molar-refractivity contribution in [2.24, 2.45) is 5.73 Å². The van der Waals surface area contributed by atoms with E-state index in [2.05, 4.69) is 43.7 Å². The summed E-state index contributed by atoms with van der Waals surface area (Å²) in [6, 6.07) is 8.96. The number of nitrogens with two attached hydrogens (primary N) is 1. The molecule has 0 unspecified atom stereocenters. The average molecular weight is 320 g/mol. The Morgan fingerprint density at radius 2 is 2.11 bits per heavy atom. The molecule has 0 radical (unpaired) electrons. The van der Waals surface area contributed by atoms with Gasteiger partial charge in [-0.05, 0) is 25.0 Å². The standard InChI is InChI=1S/C15H18BrN3/c16-12-5-3-4-11(8-12)15-9-18-10-19(15)14-7-2-1-6-13(14)17/h3-5,8-10,13-14H,1-2,6-7,17H2/t13-,14-/m1/s1. The molecule has 0 amide bonds. The molecule has 0 saturated heterocycles. The molecule has 19 heavy (non-hydrogen) atoms. The van der Waals surface area contributed by atoms with Crippen molar-refractivity contribution in [3.05, 3.63) is 41.3 Å². The van der Waals surface area contributed by atoms with E-state index >= 15 is 0 Å². The highest BCUT2D eigenvalue weighted by Gasteiger charge is 2.25. The van der Waals surface area contributed by atoms with Gasteiger partial charge in [-0.2, -0.15) is 0 Å². The van der Waals surface area contributed by atoms with Crippen LogP contribution in [-0.2, 0) is 0 Å². The number of hydrogen-bond acceptors (Lipinski definition) is 2. The van der Waals surface area contributed by atoms with Gasteiger partial charge < -0.3 is 10.3 Å². The molecular formula is C15H18BrN3. The number of rotatable bonds is 2. The van der Waals surface area contributed by atoms with Crippen LogP contribution in [0.25, 0.3) is 11.3 Å². The number of imidazole rings is 1. The minimum atomic E-state index is 0.244. The van der Waals surface area contributed by atoms with Crippen molar-refractivity contribution in [3.63, 3.8) is 0 Å². The summed E-state index contributed by atoms with van der Waals surface area (Å²) in [7, 11) is 0. The van der Waals surface area contributed by atoms with Crippen molar-refractivity contribution < 1.29 is 0 Å². The molecule has 1 saturated carbocycles. The minimum Gasteiger partial charge on any atom is -0.326 e. The minimum absolute atomic E-state index is 0.244. The lowest BCUT2D eigenvalue weighted by Crippen LogP contribution is -2.35. The van der Waals surface area contributed by atoms with Crippen LogP contribution in [0.2, 0.25) is 0 Å². The fourth-order valence-corrected chi connectivity index (χ4v) is 3.32. The van der Waals surface area contributed by atoms with Gasteiger partial charge in [-0.15, -0.1) is 0 Å². The normalized spacial score (nSPS) is 23.5. The lowest BCUT2D eigenvalue weighted by atomic mass is 9.90. The van der Waals surface area contributed by atoms with Crippen molar-refractivity contribution in [1.29, 1.82) is 0 Å². The summed E-state index contributed by atoms with van der Waals surface area (Å²) in [6.45, 7) is 0. The molecule has 100 valence electrons. The highest BCUT2D eigenvalue weighted by Crippen LogP contribution is 2.32. The quantitative estimate of drug-likeness (QED) is 0.916. The molecule has 2 atom stereocenters. The lowest BCUT2D eigenvalue weighted by Gasteiger charge is -2.30. The second-order valence-electron chi connectivity index (χ2n) is 5.21. The average Bonchev–Trinajstić information content (AvgIpc) is 2.88. The van der Waals surface area contributed by atoms with E-state index in [1.165, 1.54) is 18.4 Å². The summed E-state index contributed by atoms with van der Waals surface area (Å²) in [5, 5.41) is 0. The first-order valence-corrected chi connectivity index (χ1v) is 7.58. The molecule has 1 fully saturated rings. The molecule has 3 rings (SSSR count). The highest BCUT2D eigenvalue weighted by molar-refractivity contribution is 9.10. The Kier molecular flexibility index (Phi) is 3.71. The molecule has 2 aromatic rings. The highest BCUT2D eigenvalue weighted by atomic mass is 79.9. The molecule has 1 heterocycles. The van der Waals surface area contributed by atoms with Gasteiger partial charge in [-0.3, -0.25) is 0 Å². The van der Waals surface area contributed by atoms with E-state index in [4.69, 9.17) is 5.73 Å². The summed E-state index contributed by atoms with van der Waals surface area (Å²) >= 11 is 3.53. The molecule has 3 nitrogen and oxygen atoms in total. The van der Waals surface area contributed by atoms with Crippen LogP contribution >= 0.6 is 15.9 Å². The van der Waals surface area contributed by atoms with Gasteiger partial charge in [0.25, 0.3) is 0 Å². The third-order valence-electron chi connectivity index (χ3n) is 3.93. The van der Waals surface area contributed by atoms with Crippen LogP contribution in [0, 0.1) is 0 Å². The number of nitrogens with zero attached hydrogens (tertiary/aromatic N) is 2. The maximum atomic E-state index is 6.29. The van der Waals surface area contributed by atoms with Crippen LogP contribution in [0.5, 0.6) is 0 Å². The van der Waals surface area contributed by atoms with Crippen LogP contribution < -0.4 is 5.73 Å². The maximum Gasteiger partial charge on any atom is 0.0954 e. The molecule has 0 spiro atoms. The largest absolute Gasteiger partial charge is 0.326 e. The fourth-order valence-electron chi connectivity index (χ4n) is 2.93. The first kappa shape index (κ1) is 12.9. The summed E-state index contributed by atoms with van der Waals surface area (Å²) < 4.78 is 3.34. The van der Waals surface area contributed by atoms with Crippen molar-refractivity contribution >= 4 is 15.9 Å². The fraction of sp³-hybridized carbons (Fsp3) is 0.400. The number of hydrogen-bond donors (Lipinski definition) is 1. The zero-order valence-corrected chi connectivity index (χ0v) is 12.4. The Morgan fingerprint density at radius 3 is 2.89 bits per heavy atom. The van der Waals surface area contributed by atoms with Crippen LogP contribution in [0.1, 0.15) is 31.7 Å². The Morgan fingerprint density at radius 1 is 1.26 bits per heavy atom. The Bertz CT molecular complexity index is 564.